The van der Waals surface area contributed by atoms with Gasteiger partial charge in [-0.1, -0.05) is 23.7 Å². The Bertz CT molecular complexity index is 825. The van der Waals surface area contributed by atoms with Gasteiger partial charge in [-0.05, 0) is 25.0 Å². The van der Waals surface area contributed by atoms with Gasteiger partial charge >= 0.3 is 0 Å². The topological polar surface area (TPSA) is 87.2 Å². The van der Waals surface area contributed by atoms with E-state index < -0.39 is 10.0 Å². The molecule has 2 heterocycles. The van der Waals surface area contributed by atoms with Gasteiger partial charge in [0, 0.05) is 32.2 Å². The Kier molecular flexibility index (Phi) is 5.72. The number of sulfonamides is 1. The fourth-order valence-corrected chi connectivity index (χ4v) is 4.23. The maximum absolute atomic E-state index is 12.2. The van der Waals surface area contributed by atoms with E-state index in [1.807, 2.05) is 6.07 Å². The number of aromatic nitrogens is 2. The highest BCUT2D eigenvalue weighted by atomic mass is 35.5. The molecule has 0 amide bonds. The van der Waals surface area contributed by atoms with Crippen molar-refractivity contribution >= 4 is 33.3 Å². The Labute approximate surface area is 152 Å². The minimum Gasteiger partial charge on any atom is -0.369 e. The first-order chi connectivity index (χ1) is 12.1. The molecule has 2 aromatic rings. The van der Waals surface area contributed by atoms with Crippen LogP contribution >= 0.6 is 11.6 Å². The normalized spacial score (nSPS) is 14.7. The molecule has 2 N–H and O–H groups in total. The van der Waals surface area contributed by atoms with Gasteiger partial charge in [-0.3, -0.25) is 0 Å². The molecular weight excluding hydrogens is 362 g/mol. The van der Waals surface area contributed by atoms with Crippen LogP contribution in [0.25, 0.3) is 0 Å². The van der Waals surface area contributed by atoms with Crippen LogP contribution in [0.4, 0.5) is 11.6 Å². The number of benzene rings is 1. The first kappa shape index (κ1) is 17.9. The van der Waals surface area contributed by atoms with E-state index in [1.54, 1.807) is 18.2 Å². The van der Waals surface area contributed by atoms with E-state index in [2.05, 4.69) is 24.9 Å². The largest absolute Gasteiger partial charge is 0.369 e. The zero-order valence-corrected chi connectivity index (χ0v) is 15.2. The number of hydrogen-bond acceptors (Lipinski definition) is 6. The van der Waals surface area contributed by atoms with E-state index in [4.69, 9.17) is 11.6 Å². The number of nitrogens with zero attached hydrogens (tertiary/aromatic N) is 3. The molecule has 0 aliphatic carbocycles. The molecule has 1 fully saturated rings. The van der Waals surface area contributed by atoms with Gasteiger partial charge in [0.15, 0.2) is 0 Å². The molecule has 7 nitrogen and oxygen atoms in total. The van der Waals surface area contributed by atoms with Crippen LogP contribution in [0, 0.1) is 0 Å². The zero-order valence-electron chi connectivity index (χ0n) is 13.7. The lowest BCUT2D eigenvalue weighted by Crippen LogP contribution is -2.29. The molecule has 0 spiro atoms. The fourth-order valence-electron chi connectivity index (χ4n) is 2.68. The standard InChI is InChI=1S/C16H20ClN5O2S/c17-13-5-1-2-6-14(13)25(23,24)21-8-7-18-15-11-16(20-12-19-15)22-9-3-4-10-22/h1-2,5-6,11-12,21H,3-4,7-10H2,(H,18,19,20). The van der Waals surface area contributed by atoms with Crippen LogP contribution in [-0.4, -0.2) is 44.6 Å². The molecule has 1 aromatic carbocycles. The van der Waals surface area contributed by atoms with E-state index in [0.717, 1.165) is 18.9 Å². The van der Waals surface area contributed by atoms with Gasteiger partial charge in [0.25, 0.3) is 0 Å². The van der Waals surface area contributed by atoms with Crippen LogP contribution in [0.5, 0.6) is 0 Å². The summed E-state index contributed by atoms with van der Waals surface area (Å²) in [6.07, 6.45) is 3.87. The van der Waals surface area contributed by atoms with Crippen molar-refractivity contribution in [3.63, 3.8) is 0 Å². The molecule has 0 radical (unpaired) electrons. The van der Waals surface area contributed by atoms with Crippen molar-refractivity contribution in [1.29, 1.82) is 0 Å². The third-order valence-electron chi connectivity index (χ3n) is 3.93. The van der Waals surface area contributed by atoms with E-state index in [0.29, 0.717) is 12.4 Å². The summed E-state index contributed by atoms with van der Waals surface area (Å²) in [5.74, 6) is 1.57. The van der Waals surface area contributed by atoms with Crippen LogP contribution < -0.4 is 14.9 Å². The van der Waals surface area contributed by atoms with Crippen LogP contribution in [0.3, 0.4) is 0 Å². The third kappa shape index (κ3) is 4.59. The molecule has 25 heavy (non-hydrogen) atoms. The Hall–Kier alpha value is -1.90. The summed E-state index contributed by atoms with van der Waals surface area (Å²) in [5.41, 5.74) is 0. The van der Waals surface area contributed by atoms with Crippen molar-refractivity contribution in [2.24, 2.45) is 0 Å². The predicted molar refractivity (Wildman–Crippen MR) is 98.6 cm³/mol. The first-order valence-electron chi connectivity index (χ1n) is 8.11. The van der Waals surface area contributed by atoms with Gasteiger partial charge in [-0.25, -0.2) is 23.1 Å². The second-order valence-electron chi connectivity index (χ2n) is 5.71. The van der Waals surface area contributed by atoms with Gasteiger partial charge in [0.2, 0.25) is 10.0 Å². The summed E-state index contributed by atoms with van der Waals surface area (Å²) >= 11 is 5.94. The number of hydrogen-bond donors (Lipinski definition) is 2. The molecule has 1 aliphatic heterocycles. The first-order valence-corrected chi connectivity index (χ1v) is 9.97. The molecular formula is C16H20ClN5O2S. The lowest BCUT2D eigenvalue weighted by Gasteiger charge is -2.16. The Morgan fingerprint density at radius 3 is 2.64 bits per heavy atom. The molecule has 3 rings (SSSR count). The van der Waals surface area contributed by atoms with Crippen molar-refractivity contribution in [3.05, 3.63) is 41.7 Å². The quantitative estimate of drug-likeness (QED) is 0.714. The minimum atomic E-state index is -3.63. The van der Waals surface area contributed by atoms with Crippen LogP contribution in [-0.2, 0) is 10.0 Å². The molecule has 1 aliphatic rings. The van der Waals surface area contributed by atoms with Crippen molar-refractivity contribution in [3.8, 4) is 0 Å². The highest BCUT2D eigenvalue weighted by molar-refractivity contribution is 7.89. The van der Waals surface area contributed by atoms with Gasteiger partial charge in [0.05, 0.1) is 5.02 Å². The second kappa shape index (κ2) is 7.99. The Morgan fingerprint density at radius 1 is 1.12 bits per heavy atom. The highest BCUT2D eigenvalue weighted by Crippen LogP contribution is 2.20. The average molecular weight is 382 g/mol. The van der Waals surface area contributed by atoms with Crippen molar-refractivity contribution in [2.75, 3.05) is 36.4 Å². The molecule has 1 saturated heterocycles. The molecule has 0 atom stereocenters. The lowest BCUT2D eigenvalue weighted by atomic mass is 10.4. The monoisotopic (exact) mass is 381 g/mol. The number of anilines is 2. The van der Waals surface area contributed by atoms with Gasteiger partial charge in [-0.15, -0.1) is 0 Å². The lowest BCUT2D eigenvalue weighted by molar-refractivity contribution is 0.583. The van der Waals surface area contributed by atoms with Crippen molar-refractivity contribution in [2.45, 2.75) is 17.7 Å². The summed E-state index contributed by atoms with van der Waals surface area (Å²) in [5, 5.41) is 3.31. The smallest absolute Gasteiger partial charge is 0.242 e. The van der Waals surface area contributed by atoms with Gasteiger partial charge < -0.3 is 10.2 Å². The molecule has 0 bridgehead atoms. The molecule has 0 unspecified atom stereocenters. The number of halogens is 1. The van der Waals surface area contributed by atoms with Crippen LogP contribution in [0.1, 0.15) is 12.8 Å². The third-order valence-corrected chi connectivity index (χ3v) is 5.89. The van der Waals surface area contributed by atoms with Crippen LogP contribution in [0.15, 0.2) is 41.6 Å². The maximum atomic E-state index is 12.2. The van der Waals surface area contributed by atoms with E-state index >= 15 is 0 Å². The van der Waals surface area contributed by atoms with Crippen molar-refractivity contribution in [1.82, 2.24) is 14.7 Å². The Balaban J connectivity index is 1.53. The maximum Gasteiger partial charge on any atom is 0.242 e. The molecule has 9 heteroatoms. The van der Waals surface area contributed by atoms with E-state index in [9.17, 15) is 8.42 Å². The zero-order chi connectivity index (χ0) is 17.7. The van der Waals surface area contributed by atoms with Gasteiger partial charge in [-0.2, -0.15) is 0 Å². The highest BCUT2D eigenvalue weighted by Gasteiger charge is 2.17. The van der Waals surface area contributed by atoms with E-state index in [-0.39, 0.29) is 16.5 Å². The molecule has 134 valence electrons. The summed E-state index contributed by atoms with van der Waals surface area (Å²) < 4.78 is 27.0. The number of rotatable bonds is 7. The summed E-state index contributed by atoms with van der Waals surface area (Å²) in [6, 6.07) is 8.24. The fraction of sp³-hybridized carbons (Fsp3) is 0.375. The second-order valence-corrected chi connectivity index (χ2v) is 7.85. The predicted octanol–water partition coefficient (Wildman–Crippen LogP) is 2.12. The van der Waals surface area contributed by atoms with Crippen LogP contribution in [0.2, 0.25) is 5.02 Å². The summed E-state index contributed by atoms with van der Waals surface area (Å²) in [4.78, 5) is 10.8. The molecule has 1 aromatic heterocycles. The summed E-state index contributed by atoms with van der Waals surface area (Å²) in [7, 11) is -3.63. The summed E-state index contributed by atoms with van der Waals surface area (Å²) in [6.45, 7) is 2.64. The number of nitrogens with one attached hydrogen (secondary N) is 2. The Morgan fingerprint density at radius 2 is 1.88 bits per heavy atom. The minimum absolute atomic E-state index is 0.0787. The van der Waals surface area contributed by atoms with Crippen molar-refractivity contribution < 1.29 is 8.42 Å². The SMILES string of the molecule is O=S(=O)(NCCNc1cc(N2CCCC2)ncn1)c1ccccc1Cl. The van der Waals surface area contributed by atoms with E-state index in [1.165, 1.54) is 25.2 Å². The molecule has 0 saturated carbocycles. The van der Waals surface area contributed by atoms with Gasteiger partial charge in [0.1, 0.15) is 22.9 Å². The average Bonchev–Trinajstić information content (AvgIpc) is 3.14.